The van der Waals surface area contributed by atoms with Crippen molar-refractivity contribution >= 4 is 17.4 Å². The number of nitrogens with zero attached hydrogens (tertiary/aromatic N) is 2. The van der Waals surface area contributed by atoms with Crippen LogP contribution in [-0.2, 0) is 5.88 Å². The fraction of sp³-hybridized carbons (Fsp3) is 0.375. The van der Waals surface area contributed by atoms with Crippen molar-refractivity contribution in [2.24, 2.45) is 0 Å². The summed E-state index contributed by atoms with van der Waals surface area (Å²) in [6.07, 6.45) is -2.86. The average molecular weight is 237 g/mol. The minimum Gasteiger partial charge on any atom is -0.358 e. The Kier molecular flexibility index (Phi) is 3.52. The molecule has 0 N–H and O–H groups in total. The number of halogens is 3. The summed E-state index contributed by atoms with van der Waals surface area (Å²) in [5.41, 5.74) is -0.280. The summed E-state index contributed by atoms with van der Waals surface area (Å²) in [7, 11) is 0. The van der Waals surface area contributed by atoms with Gasteiger partial charge in [0.1, 0.15) is 0 Å². The van der Waals surface area contributed by atoms with Gasteiger partial charge in [0, 0.05) is 11.1 Å². The molecule has 0 amide bonds. The van der Waals surface area contributed by atoms with Gasteiger partial charge in [-0.05, 0) is 22.9 Å². The first-order valence-corrected chi connectivity index (χ1v) is 4.49. The summed E-state index contributed by atoms with van der Waals surface area (Å²) in [5.74, 6) is -0.704. The van der Waals surface area contributed by atoms with Crippen LogP contribution in [0, 0.1) is 17.0 Å². The lowest BCUT2D eigenvalue weighted by Crippen LogP contribution is -2.03. The van der Waals surface area contributed by atoms with Crippen LogP contribution in [0.25, 0.3) is 0 Å². The number of aryl methyl sites for hydroxylation is 1. The summed E-state index contributed by atoms with van der Waals surface area (Å²) in [6, 6.07) is 1.26. The topological polar surface area (TPSA) is 56.0 Å². The van der Waals surface area contributed by atoms with Gasteiger partial charge in [-0.15, -0.1) is 11.6 Å². The molecule has 1 aromatic heterocycles. The molecule has 82 valence electrons. The zero-order valence-electron chi connectivity index (χ0n) is 7.71. The molecule has 0 saturated carbocycles. The first-order valence-electron chi connectivity index (χ1n) is 3.96. The Bertz CT molecular complexity index is 398. The third kappa shape index (κ3) is 2.38. The van der Waals surface area contributed by atoms with Crippen molar-refractivity contribution in [3.63, 3.8) is 0 Å². The predicted octanol–water partition coefficient (Wildman–Crippen LogP) is 2.97. The van der Waals surface area contributed by atoms with Gasteiger partial charge in [0.25, 0.3) is 0 Å². The molecule has 0 radical (unpaired) electrons. The van der Waals surface area contributed by atoms with Gasteiger partial charge in [-0.3, -0.25) is 0 Å². The summed E-state index contributed by atoms with van der Waals surface area (Å²) >= 11 is 5.44. The molecule has 0 unspecified atom stereocenters. The minimum absolute atomic E-state index is 0.120. The maximum atomic E-state index is 12.4. The van der Waals surface area contributed by atoms with E-state index in [1.807, 2.05) is 0 Å². The van der Waals surface area contributed by atoms with E-state index >= 15 is 0 Å². The fourth-order valence-electron chi connectivity index (χ4n) is 1.15. The van der Waals surface area contributed by atoms with Crippen molar-refractivity contribution in [1.82, 2.24) is 4.98 Å². The molecule has 0 saturated heterocycles. The fourth-order valence-corrected chi connectivity index (χ4v) is 1.37. The molecule has 1 aromatic rings. The van der Waals surface area contributed by atoms with Crippen LogP contribution in [0.2, 0.25) is 0 Å². The Hall–Kier alpha value is -1.30. The van der Waals surface area contributed by atoms with E-state index in [4.69, 9.17) is 11.6 Å². The van der Waals surface area contributed by atoms with Gasteiger partial charge in [0.05, 0.1) is 5.88 Å². The number of hydrogen-bond donors (Lipinski definition) is 0. The van der Waals surface area contributed by atoms with Gasteiger partial charge in [0.15, 0.2) is 0 Å². The highest BCUT2D eigenvalue weighted by molar-refractivity contribution is 6.17. The Morgan fingerprint density at radius 1 is 1.67 bits per heavy atom. The monoisotopic (exact) mass is 236 g/mol. The molecule has 0 aromatic carbocycles. The highest BCUT2D eigenvalue weighted by atomic mass is 35.5. The summed E-state index contributed by atoms with van der Waals surface area (Å²) in [5, 5.41) is 10.5. The molecule has 0 fully saturated rings. The van der Waals surface area contributed by atoms with Gasteiger partial charge in [-0.1, -0.05) is 0 Å². The number of pyridine rings is 1. The van der Waals surface area contributed by atoms with E-state index in [2.05, 4.69) is 4.98 Å². The molecule has 7 heteroatoms. The third-order valence-corrected chi connectivity index (χ3v) is 2.11. The van der Waals surface area contributed by atoms with Crippen LogP contribution in [0.4, 0.5) is 14.6 Å². The van der Waals surface area contributed by atoms with E-state index in [1.165, 1.54) is 13.0 Å². The van der Waals surface area contributed by atoms with E-state index in [0.717, 1.165) is 0 Å². The van der Waals surface area contributed by atoms with Crippen molar-refractivity contribution in [2.45, 2.75) is 19.2 Å². The van der Waals surface area contributed by atoms with Crippen molar-refractivity contribution in [2.75, 3.05) is 0 Å². The zero-order chi connectivity index (χ0) is 11.6. The SMILES string of the molecule is Cc1cc(CCl)c(C(F)F)nc1[N+](=O)[O-]. The summed E-state index contributed by atoms with van der Waals surface area (Å²) in [4.78, 5) is 13.0. The first-order chi connectivity index (χ1) is 6.97. The molecule has 0 spiro atoms. The Morgan fingerprint density at radius 2 is 2.27 bits per heavy atom. The second kappa shape index (κ2) is 4.48. The Morgan fingerprint density at radius 3 is 2.67 bits per heavy atom. The number of hydrogen-bond acceptors (Lipinski definition) is 3. The van der Waals surface area contributed by atoms with Crippen molar-refractivity contribution in [1.29, 1.82) is 0 Å². The Labute approximate surface area is 89.0 Å². The standard InChI is InChI=1S/C8H7ClF2N2O2/c1-4-2-5(3-9)6(7(10)11)12-8(4)13(14)15/h2,7H,3H2,1H3. The second-order valence-electron chi connectivity index (χ2n) is 2.86. The molecular weight excluding hydrogens is 230 g/mol. The van der Waals surface area contributed by atoms with E-state index in [9.17, 15) is 18.9 Å². The lowest BCUT2D eigenvalue weighted by molar-refractivity contribution is -0.390. The molecule has 0 aliphatic rings. The molecule has 1 rings (SSSR count). The lowest BCUT2D eigenvalue weighted by Gasteiger charge is -2.03. The molecule has 15 heavy (non-hydrogen) atoms. The zero-order valence-corrected chi connectivity index (χ0v) is 8.46. The predicted molar refractivity (Wildman–Crippen MR) is 50.1 cm³/mol. The molecule has 4 nitrogen and oxygen atoms in total. The minimum atomic E-state index is -2.86. The second-order valence-corrected chi connectivity index (χ2v) is 3.13. The van der Waals surface area contributed by atoms with Gasteiger partial charge in [0.2, 0.25) is 5.69 Å². The smallest absolute Gasteiger partial charge is 0.358 e. The molecule has 1 heterocycles. The van der Waals surface area contributed by atoms with Crippen LogP contribution >= 0.6 is 11.6 Å². The summed E-state index contributed by atoms with van der Waals surface area (Å²) < 4.78 is 24.9. The highest BCUT2D eigenvalue weighted by Gasteiger charge is 2.25. The molecule has 0 aliphatic carbocycles. The highest BCUT2D eigenvalue weighted by Crippen LogP contribution is 2.27. The van der Waals surface area contributed by atoms with Crippen LogP contribution in [0.3, 0.4) is 0 Å². The normalized spacial score (nSPS) is 10.7. The van der Waals surface area contributed by atoms with E-state index in [-0.39, 0.29) is 17.0 Å². The van der Waals surface area contributed by atoms with Crippen LogP contribution < -0.4 is 0 Å². The van der Waals surface area contributed by atoms with Crippen LogP contribution in [0.1, 0.15) is 23.2 Å². The maximum Gasteiger partial charge on any atom is 0.366 e. The third-order valence-electron chi connectivity index (χ3n) is 1.82. The quantitative estimate of drug-likeness (QED) is 0.461. The number of alkyl halides is 3. The number of aromatic nitrogens is 1. The van der Waals surface area contributed by atoms with E-state index < -0.39 is 22.9 Å². The van der Waals surface area contributed by atoms with E-state index in [1.54, 1.807) is 0 Å². The van der Waals surface area contributed by atoms with Crippen LogP contribution in [-0.4, -0.2) is 9.91 Å². The summed E-state index contributed by atoms with van der Waals surface area (Å²) in [6.45, 7) is 1.43. The number of nitro groups is 1. The van der Waals surface area contributed by atoms with Crippen LogP contribution in [0.5, 0.6) is 0 Å². The van der Waals surface area contributed by atoms with Gasteiger partial charge in [-0.25, -0.2) is 8.78 Å². The van der Waals surface area contributed by atoms with Crippen molar-refractivity contribution in [3.8, 4) is 0 Å². The van der Waals surface area contributed by atoms with Crippen molar-refractivity contribution in [3.05, 3.63) is 33.0 Å². The van der Waals surface area contributed by atoms with Gasteiger partial charge in [-0.2, -0.15) is 0 Å². The molecular formula is C8H7ClF2N2O2. The molecule has 0 aliphatic heterocycles. The van der Waals surface area contributed by atoms with Gasteiger partial charge >= 0.3 is 12.2 Å². The first kappa shape index (κ1) is 11.8. The Balaban J connectivity index is 3.37. The lowest BCUT2D eigenvalue weighted by atomic mass is 10.1. The van der Waals surface area contributed by atoms with Gasteiger partial charge < -0.3 is 10.1 Å². The molecule has 0 bridgehead atoms. The maximum absolute atomic E-state index is 12.4. The van der Waals surface area contributed by atoms with E-state index in [0.29, 0.717) is 0 Å². The van der Waals surface area contributed by atoms with Crippen LogP contribution in [0.15, 0.2) is 6.07 Å². The number of rotatable bonds is 3. The average Bonchev–Trinajstić information content (AvgIpc) is 2.16. The van der Waals surface area contributed by atoms with Crippen molar-refractivity contribution < 1.29 is 13.7 Å². The largest absolute Gasteiger partial charge is 0.366 e. The molecule has 0 atom stereocenters.